The number of aromatic nitrogens is 6. The van der Waals surface area contributed by atoms with E-state index in [1.54, 1.807) is 0 Å². The molecule has 0 saturated heterocycles. The topological polar surface area (TPSA) is 61.4 Å². The Morgan fingerprint density at radius 1 is 0.368 bits per heavy atom. The van der Waals surface area contributed by atoms with Crippen molar-refractivity contribution < 1.29 is 0 Å². The van der Waals surface area contributed by atoms with E-state index in [0.717, 1.165) is 61.0 Å². The maximum atomic E-state index is 5.60. The van der Waals surface area contributed by atoms with Crippen LogP contribution in [0.3, 0.4) is 0 Å². The Bertz CT molecular complexity index is 3460. The van der Waals surface area contributed by atoms with Crippen LogP contribution >= 0.6 is 11.3 Å². The van der Waals surface area contributed by atoms with Crippen molar-refractivity contribution in [2.45, 2.75) is 0 Å². The van der Waals surface area contributed by atoms with Gasteiger partial charge in [-0.05, 0) is 36.4 Å². The minimum atomic E-state index is 0.577. The number of hydrogen-bond donors (Lipinski definition) is 0. The number of para-hydroxylation sites is 4. The zero-order valence-corrected chi connectivity index (χ0v) is 31.2. The van der Waals surface area contributed by atoms with Crippen molar-refractivity contribution in [2.75, 3.05) is 0 Å². The molecule has 0 saturated carbocycles. The van der Waals surface area contributed by atoms with Crippen LogP contribution in [-0.4, -0.2) is 29.1 Å². The van der Waals surface area contributed by atoms with Gasteiger partial charge in [0, 0.05) is 64.1 Å². The summed E-state index contributed by atoms with van der Waals surface area (Å²) >= 11 is 1.84. The van der Waals surface area contributed by atoms with Gasteiger partial charge in [0.15, 0.2) is 11.6 Å². The smallest absolute Gasteiger partial charge is 0.238 e. The monoisotopic (exact) mass is 746 g/mol. The summed E-state index contributed by atoms with van der Waals surface area (Å²) in [5.41, 5.74) is 9.07. The highest BCUT2D eigenvalue weighted by Crippen LogP contribution is 2.46. The third kappa shape index (κ3) is 4.89. The minimum Gasteiger partial charge on any atom is -0.294 e. The zero-order chi connectivity index (χ0) is 37.5. The summed E-state index contributed by atoms with van der Waals surface area (Å²) in [5.74, 6) is 1.80. The lowest BCUT2D eigenvalue weighted by atomic mass is 10.0. The minimum absolute atomic E-state index is 0.577. The van der Waals surface area contributed by atoms with Gasteiger partial charge in [-0.1, -0.05) is 146 Å². The van der Waals surface area contributed by atoms with Crippen LogP contribution in [0.25, 0.3) is 110 Å². The van der Waals surface area contributed by atoms with Crippen molar-refractivity contribution in [3.63, 3.8) is 0 Å². The summed E-state index contributed by atoms with van der Waals surface area (Å²) in [5, 5.41) is 7.08. The Kier molecular flexibility index (Phi) is 7.00. The van der Waals surface area contributed by atoms with Gasteiger partial charge in [0.2, 0.25) is 5.95 Å². The van der Waals surface area contributed by atoms with Crippen LogP contribution < -0.4 is 0 Å². The average molecular weight is 747 g/mol. The van der Waals surface area contributed by atoms with Crippen LogP contribution in [0.15, 0.2) is 182 Å². The predicted molar refractivity (Wildman–Crippen MR) is 235 cm³/mol. The maximum Gasteiger partial charge on any atom is 0.238 e. The Morgan fingerprint density at radius 2 is 0.877 bits per heavy atom. The third-order valence-electron chi connectivity index (χ3n) is 11.0. The van der Waals surface area contributed by atoms with Crippen LogP contribution in [0.2, 0.25) is 0 Å². The van der Waals surface area contributed by atoms with E-state index in [-0.39, 0.29) is 0 Å². The lowest BCUT2D eigenvalue weighted by molar-refractivity contribution is 0.953. The quantitative estimate of drug-likeness (QED) is 0.176. The summed E-state index contributed by atoms with van der Waals surface area (Å²) in [6.45, 7) is 0. The molecule has 0 bridgehead atoms. The van der Waals surface area contributed by atoms with E-state index in [9.17, 15) is 0 Å². The number of thiophene rings is 1. The molecule has 0 spiro atoms. The van der Waals surface area contributed by atoms with Gasteiger partial charge in [-0.15, -0.1) is 11.3 Å². The van der Waals surface area contributed by atoms with E-state index < -0.39 is 0 Å². The zero-order valence-electron chi connectivity index (χ0n) is 30.4. The third-order valence-corrected chi connectivity index (χ3v) is 12.2. The number of nitrogens with zero attached hydrogens (tertiary/aromatic N) is 6. The molecule has 0 aliphatic rings. The molecule has 0 atom stereocenters. The normalized spacial score (nSPS) is 11.9. The fourth-order valence-electron chi connectivity index (χ4n) is 8.45. The molecular weight excluding hydrogens is 717 g/mol. The van der Waals surface area contributed by atoms with Gasteiger partial charge < -0.3 is 0 Å². The summed E-state index contributed by atoms with van der Waals surface area (Å²) in [4.78, 5) is 21.0. The van der Waals surface area contributed by atoms with Gasteiger partial charge in [0.05, 0.1) is 22.2 Å². The Morgan fingerprint density at radius 3 is 1.54 bits per heavy atom. The first kappa shape index (κ1) is 31.8. The van der Waals surface area contributed by atoms with Crippen molar-refractivity contribution in [1.82, 2.24) is 29.1 Å². The molecule has 0 N–H and O–H groups in total. The second kappa shape index (κ2) is 12.5. The number of hydrogen-bond acceptors (Lipinski definition) is 5. The molecule has 0 unspecified atom stereocenters. The molecule has 6 nitrogen and oxygen atoms in total. The predicted octanol–water partition coefficient (Wildman–Crippen LogP) is 12.8. The lowest BCUT2D eigenvalue weighted by Crippen LogP contribution is -2.06. The Hall–Kier alpha value is -7.48. The number of benzene rings is 7. The van der Waals surface area contributed by atoms with E-state index in [1.807, 2.05) is 41.7 Å². The standard InChI is InChI=1S/C50H30N6S/c1-3-15-32(16-4-1)47-52-48(54-50(53-47)56-39-23-11-7-19-35(39)36-20-8-12-24-40(36)56)33-29-27-31(28-30-33)45-43-38-22-10-14-26-42(38)57-46(43)44-37-21-9-13-25-41(37)55(49(44)51-45)34-17-5-2-6-18-34/h1-30H. The van der Waals surface area contributed by atoms with Gasteiger partial charge in [0.25, 0.3) is 0 Å². The average Bonchev–Trinajstić information content (AvgIpc) is 3.95. The summed E-state index contributed by atoms with van der Waals surface area (Å²) in [6.07, 6.45) is 0. The second-order valence-corrected chi connectivity index (χ2v) is 15.3. The molecule has 0 aliphatic carbocycles. The molecule has 0 fully saturated rings. The van der Waals surface area contributed by atoms with E-state index in [0.29, 0.717) is 17.6 Å². The van der Waals surface area contributed by atoms with Gasteiger partial charge in [-0.2, -0.15) is 9.97 Å². The number of fused-ring (bicyclic) bond motifs is 10. The Labute approximate surface area is 330 Å². The highest BCUT2D eigenvalue weighted by Gasteiger charge is 2.23. The molecule has 57 heavy (non-hydrogen) atoms. The highest BCUT2D eigenvalue weighted by atomic mass is 32.1. The highest BCUT2D eigenvalue weighted by molar-refractivity contribution is 7.27. The summed E-state index contributed by atoms with van der Waals surface area (Å²) in [7, 11) is 0. The van der Waals surface area contributed by atoms with Crippen LogP contribution in [0.1, 0.15) is 0 Å². The molecule has 7 aromatic carbocycles. The van der Waals surface area contributed by atoms with Gasteiger partial charge in [-0.3, -0.25) is 9.13 Å². The Balaban J connectivity index is 1.08. The first-order valence-electron chi connectivity index (χ1n) is 19.0. The van der Waals surface area contributed by atoms with Crippen LogP contribution in [0.5, 0.6) is 0 Å². The van der Waals surface area contributed by atoms with Gasteiger partial charge in [0.1, 0.15) is 5.65 Å². The van der Waals surface area contributed by atoms with Crippen molar-refractivity contribution in [2.24, 2.45) is 0 Å². The molecular formula is C50H30N6S. The lowest BCUT2D eigenvalue weighted by Gasteiger charge is -2.12. The maximum absolute atomic E-state index is 5.60. The van der Waals surface area contributed by atoms with Crippen molar-refractivity contribution in [3.8, 4) is 45.7 Å². The first-order chi connectivity index (χ1) is 28.3. The van der Waals surface area contributed by atoms with Gasteiger partial charge >= 0.3 is 0 Å². The first-order valence-corrected chi connectivity index (χ1v) is 19.8. The summed E-state index contributed by atoms with van der Waals surface area (Å²) < 4.78 is 6.94. The fourth-order valence-corrected chi connectivity index (χ4v) is 9.71. The molecule has 7 heteroatoms. The van der Waals surface area contributed by atoms with E-state index in [2.05, 4.69) is 161 Å². The van der Waals surface area contributed by atoms with E-state index in [1.165, 1.54) is 30.9 Å². The van der Waals surface area contributed by atoms with Gasteiger partial charge in [-0.25, -0.2) is 9.97 Å². The molecule has 12 rings (SSSR count). The van der Waals surface area contributed by atoms with Crippen molar-refractivity contribution in [3.05, 3.63) is 182 Å². The fraction of sp³-hybridized carbons (Fsp3) is 0. The molecule has 0 aliphatic heterocycles. The van der Waals surface area contributed by atoms with Crippen LogP contribution in [0, 0.1) is 0 Å². The largest absolute Gasteiger partial charge is 0.294 e. The number of pyridine rings is 1. The summed E-state index contributed by atoms with van der Waals surface area (Å²) in [6, 6.07) is 63.5. The van der Waals surface area contributed by atoms with Crippen LogP contribution in [0.4, 0.5) is 0 Å². The molecule has 0 radical (unpaired) electrons. The second-order valence-electron chi connectivity index (χ2n) is 14.2. The van der Waals surface area contributed by atoms with E-state index >= 15 is 0 Å². The molecule has 5 aromatic heterocycles. The SMILES string of the molecule is c1ccc(-c2nc(-c3ccc(-c4nc5c(c6ccccc6n5-c5ccccc5)c5sc6ccccc6c45)cc3)nc(-n3c4ccccc4c4ccccc43)n2)cc1. The molecule has 5 heterocycles. The molecule has 0 amide bonds. The molecule has 266 valence electrons. The molecule has 12 aromatic rings. The van der Waals surface area contributed by atoms with Crippen molar-refractivity contribution in [1.29, 1.82) is 0 Å². The van der Waals surface area contributed by atoms with Crippen molar-refractivity contribution >= 4 is 75.3 Å². The number of rotatable bonds is 5. The van der Waals surface area contributed by atoms with Crippen LogP contribution in [-0.2, 0) is 0 Å². The van der Waals surface area contributed by atoms with E-state index in [4.69, 9.17) is 19.9 Å².